The van der Waals surface area contributed by atoms with E-state index in [0.29, 0.717) is 0 Å². The van der Waals surface area contributed by atoms with Crippen molar-refractivity contribution in [2.45, 2.75) is 46.3 Å². The molecule has 1 aliphatic rings. The molecule has 1 rings (SSSR count). The predicted octanol–water partition coefficient (Wildman–Crippen LogP) is 2.34. The highest BCUT2D eigenvalue weighted by Gasteiger charge is 2.36. The van der Waals surface area contributed by atoms with Crippen molar-refractivity contribution in [2.75, 3.05) is 0 Å². The first-order valence-electron chi connectivity index (χ1n) is 5.47. The highest BCUT2D eigenvalue weighted by Crippen LogP contribution is 2.21. The molecule has 1 heterocycles. The van der Waals surface area contributed by atoms with E-state index in [1.54, 1.807) is 26.8 Å². The summed E-state index contributed by atoms with van der Waals surface area (Å²) in [4.78, 5) is 24.6. The SMILES string of the molecule is CC(C)[C@H]1C=CC(=O)N1C(=O)OC(C)(C)C. The zero-order valence-electron chi connectivity index (χ0n) is 10.5. The fourth-order valence-corrected chi connectivity index (χ4v) is 1.54. The first-order chi connectivity index (χ1) is 7.22. The summed E-state index contributed by atoms with van der Waals surface area (Å²) in [5.41, 5.74) is -0.582. The summed E-state index contributed by atoms with van der Waals surface area (Å²) in [5, 5.41) is 0. The van der Waals surface area contributed by atoms with Crippen LogP contribution in [0.3, 0.4) is 0 Å². The van der Waals surface area contributed by atoms with Crippen molar-refractivity contribution in [2.24, 2.45) is 5.92 Å². The Morgan fingerprint density at radius 1 is 1.44 bits per heavy atom. The van der Waals surface area contributed by atoms with Gasteiger partial charge in [0.1, 0.15) is 5.60 Å². The van der Waals surface area contributed by atoms with Gasteiger partial charge in [-0.3, -0.25) is 4.79 Å². The van der Waals surface area contributed by atoms with E-state index in [2.05, 4.69) is 0 Å². The van der Waals surface area contributed by atoms with Crippen LogP contribution < -0.4 is 0 Å². The summed E-state index contributed by atoms with van der Waals surface area (Å²) >= 11 is 0. The lowest BCUT2D eigenvalue weighted by Gasteiger charge is -2.28. The van der Waals surface area contributed by atoms with Gasteiger partial charge in [0.15, 0.2) is 0 Å². The maximum Gasteiger partial charge on any atom is 0.417 e. The van der Waals surface area contributed by atoms with Crippen LogP contribution in [-0.2, 0) is 9.53 Å². The van der Waals surface area contributed by atoms with Crippen LogP contribution in [0.1, 0.15) is 34.6 Å². The lowest BCUT2D eigenvalue weighted by molar-refractivity contribution is -0.125. The maximum absolute atomic E-state index is 11.8. The van der Waals surface area contributed by atoms with E-state index in [1.807, 2.05) is 13.8 Å². The number of ether oxygens (including phenoxy) is 1. The number of carbonyl (C=O) groups is 2. The normalized spacial score (nSPS) is 20.8. The monoisotopic (exact) mass is 225 g/mol. The van der Waals surface area contributed by atoms with Gasteiger partial charge in [0.2, 0.25) is 0 Å². The van der Waals surface area contributed by atoms with Crippen molar-refractivity contribution in [3.05, 3.63) is 12.2 Å². The number of carbonyl (C=O) groups excluding carboxylic acids is 2. The molecule has 1 atom stereocenters. The van der Waals surface area contributed by atoms with Crippen LogP contribution in [0.5, 0.6) is 0 Å². The van der Waals surface area contributed by atoms with Crippen molar-refractivity contribution in [1.29, 1.82) is 0 Å². The molecule has 0 saturated carbocycles. The van der Waals surface area contributed by atoms with Gasteiger partial charge in [-0.25, -0.2) is 9.69 Å². The van der Waals surface area contributed by atoms with Crippen LogP contribution in [0.15, 0.2) is 12.2 Å². The smallest absolute Gasteiger partial charge is 0.417 e. The van der Waals surface area contributed by atoms with Crippen LogP contribution in [0.25, 0.3) is 0 Å². The molecular weight excluding hydrogens is 206 g/mol. The summed E-state index contributed by atoms with van der Waals surface area (Å²) in [6.07, 6.45) is 2.60. The van der Waals surface area contributed by atoms with E-state index in [-0.39, 0.29) is 17.9 Å². The highest BCUT2D eigenvalue weighted by atomic mass is 16.6. The average Bonchev–Trinajstić information content (AvgIpc) is 2.43. The molecule has 0 aromatic heterocycles. The minimum Gasteiger partial charge on any atom is -0.443 e. The Labute approximate surface area is 96.3 Å². The molecule has 0 aromatic rings. The average molecular weight is 225 g/mol. The van der Waals surface area contributed by atoms with Crippen molar-refractivity contribution < 1.29 is 14.3 Å². The van der Waals surface area contributed by atoms with Crippen molar-refractivity contribution in [1.82, 2.24) is 4.90 Å². The summed E-state index contributed by atoms with van der Waals surface area (Å²) in [7, 11) is 0. The lowest BCUT2D eigenvalue weighted by atomic mass is 10.1. The molecule has 0 fully saturated rings. The van der Waals surface area contributed by atoms with Gasteiger partial charge in [-0.05, 0) is 26.7 Å². The molecule has 0 radical (unpaired) electrons. The molecule has 0 aliphatic carbocycles. The Hall–Kier alpha value is -1.32. The van der Waals surface area contributed by atoms with Crippen molar-refractivity contribution >= 4 is 12.0 Å². The van der Waals surface area contributed by atoms with Gasteiger partial charge in [-0.2, -0.15) is 0 Å². The van der Waals surface area contributed by atoms with E-state index < -0.39 is 11.7 Å². The van der Waals surface area contributed by atoms with Crippen molar-refractivity contribution in [3.8, 4) is 0 Å². The van der Waals surface area contributed by atoms with E-state index in [1.165, 1.54) is 11.0 Å². The number of nitrogens with zero attached hydrogens (tertiary/aromatic N) is 1. The zero-order chi connectivity index (χ0) is 12.5. The molecule has 0 N–H and O–H groups in total. The lowest BCUT2D eigenvalue weighted by Crippen LogP contribution is -2.44. The first kappa shape index (κ1) is 12.7. The molecular formula is C12H19NO3. The van der Waals surface area contributed by atoms with Gasteiger partial charge in [0.05, 0.1) is 6.04 Å². The molecule has 4 heteroatoms. The summed E-state index contributed by atoms with van der Waals surface area (Å²) < 4.78 is 5.20. The van der Waals surface area contributed by atoms with Crippen LogP contribution in [0.4, 0.5) is 4.79 Å². The topological polar surface area (TPSA) is 46.6 Å². The van der Waals surface area contributed by atoms with Crippen molar-refractivity contribution in [3.63, 3.8) is 0 Å². The molecule has 0 unspecified atom stereocenters. The Morgan fingerprint density at radius 2 is 2.00 bits per heavy atom. The Kier molecular flexibility index (Phi) is 3.41. The number of hydrogen-bond acceptors (Lipinski definition) is 3. The second-order valence-corrected chi connectivity index (χ2v) is 5.28. The molecule has 16 heavy (non-hydrogen) atoms. The predicted molar refractivity (Wildman–Crippen MR) is 60.8 cm³/mol. The van der Waals surface area contributed by atoms with E-state index in [0.717, 1.165) is 0 Å². The molecule has 90 valence electrons. The molecule has 0 aromatic carbocycles. The summed E-state index contributed by atoms with van der Waals surface area (Å²) in [5.74, 6) is -0.108. The fourth-order valence-electron chi connectivity index (χ4n) is 1.54. The minimum atomic E-state index is -0.582. The van der Waals surface area contributed by atoms with Gasteiger partial charge in [-0.1, -0.05) is 19.9 Å². The number of rotatable bonds is 1. The Balaban J connectivity index is 2.78. The third-order valence-corrected chi connectivity index (χ3v) is 2.24. The van der Waals surface area contributed by atoms with Crippen LogP contribution >= 0.6 is 0 Å². The van der Waals surface area contributed by atoms with Crippen LogP contribution in [-0.4, -0.2) is 28.5 Å². The molecule has 0 bridgehead atoms. The van der Waals surface area contributed by atoms with Gasteiger partial charge < -0.3 is 4.74 Å². The quantitative estimate of drug-likeness (QED) is 0.688. The number of hydrogen-bond donors (Lipinski definition) is 0. The highest BCUT2D eigenvalue weighted by molar-refractivity contribution is 6.01. The zero-order valence-corrected chi connectivity index (χ0v) is 10.5. The first-order valence-corrected chi connectivity index (χ1v) is 5.47. The molecule has 0 saturated heterocycles. The summed E-state index contributed by atoms with van der Waals surface area (Å²) in [6.45, 7) is 9.27. The molecule has 2 amide bonds. The number of imide groups is 1. The second kappa shape index (κ2) is 4.28. The van der Waals surface area contributed by atoms with Gasteiger partial charge in [-0.15, -0.1) is 0 Å². The Bertz CT molecular complexity index is 326. The Morgan fingerprint density at radius 3 is 2.44 bits per heavy atom. The van der Waals surface area contributed by atoms with E-state index in [9.17, 15) is 9.59 Å². The second-order valence-electron chi connectivity index (χ2n) is 5.28. The van der Waals surface area contributed by atoms with E-state index >= 15 is 0 Å². The fraction of sp³-hybridized carbons (Fsp3) is 0.667. The third kappa shape index (κ3) is 2.84. The molecule has 0 spiro atoms. The van der Waals surface area contributed by atoms with Crippen LogP contribution in [0.2, 0.25) is 0 Å². The standard InChI is InChI=1S/C12H19NO3/c1-8(2)9-6-7-10(14)13(9)11(15)16-12(3,4)5/h6-9H,1-5H3/t9-/m1/s1. The van der Waals surface area contributed by atoms with Gasteiger partial charge >= 0.3 is 6.09 Å². The summed E-state index contributed by atoms with van der Waals surface area (Å²) in [6, 6.07) is -0.192. The van der Waals surface area contributed by atoms with Crippen LogP contribution in [0, 0.1) is 5.92 Å². The minimum absolute atomic E-state index is 0.190. The van der Waals surface area contributed by atoms with Gasteiger partial charge in [0.25, 0.3) is 5.91 Å². The molecule has 4 nitrogen and oxygen atoms in total. The largest absolute Gasteiger partial charge is 0.443 e. The van der Waals surface area contributed by atoms with E-state index in [4.69, 9.17) is 4.74 Å². The maximum atomic E-state index is 11.8. The number of amides is 2. The molecule has 1 aliphatic heterocycles. The van der Waals surface area contributed by atoms with Gasteiger partial charge in [0, 0.05) is 6.08 Å². The third-order valence-electron chi connectivity index (χ3n) is 2.24.